The van der Waals surface area contributed by atoms with E-state index in [4.69, 9.17) is 33.5 Å². The SMILES string of the molecule is NCc1nc(-c2nc(-c3ncc(Cl)cc3Cl)no2)cs1. The van der Waals surface area contributed by atoms with E-state index in [-0.39, 0.29) is 5.82 Å². The molecular formula is C11H7Cl2N5OS. The molecular weight excluding hydrogens is 321 g/mol. The van der Waals surface area contributed by atoms with Crippen molar-refractivity contribution < 1.29 is 4.52 Å². The van der Waals surface area contributed by atoms with Crippen molar-refractivity contribution in [1.82, 2.24) is 20.1 Å². The fourth-order valence-corrected chi connectivity index (χ4v) is 2.62. The Morgan fingerprint density at radius 2 is 2.15 bits per heavy atom. The monoisotopic (exact) mass is 327 g/mol. The highest BCUT2D eigenvalue weighted by atomic mass is 35.5. The predicted molar refractivity (Wildman–Crippen MR) is 76.5 cm³/mol. The van der Waals surface area contributed by atoms with Gasteiger partial charge in [-0.15, -0.1) is 11.3 Å². The molecule has 0 aromatic carbocycles. The van der Waals surface area contributed by atoms with Crippen LogP contribution in [0.5, 0.6) is 0 Å². The lowest BCUT2D eigenvalue weighted by atomic mass is 10.3. The Hall–Kier alpha value is -1.54. The summed E-state index contributed by atoms with van der Waals surface area (Å²) in [5, 5.41) is 7.23. The first-order chi connectivity index (χ1) is 9.67. The lowest BCUT2D eigenvalue weighted by molar-refractivity contribution is 0.431. The van der Waals surface area contributed by atoms with Crippen LogP contribution in [0.4, 0.5) is 0 Å². The summed E-state index contributed by atoms with van der Waals surface area (Å²) < 4.78 is 5.16. The van der Waals surface area contributed by atoms with Crippen LogP contribution < -0.4 is 5.73 Å². The highest BCUT2D eigenvalue weighted by Gasteiger charge is 2.16. The molecule has 0 radical (unpaired) electrons. The maximum absolute atomic E-state index is 6.05. The minimum absolute atomic E-state index is 0.281. The molecule has 0 fully saturated rings. The fraction of sp³-hybridized carbons (Fsp3) is 0.0909. The van der Waals surface area contributed by atoms with E-state index >= 15 is 0 Å². The molecule has 2 N–H and O–H groups in total. The van der Waals surface area contributed by atoms with Crippen molar-refractivity contribution in [3.63, 3.8) is 0 Å². The molecule has 6 nitrogen and oxygen atoms in total. The number of aromatic nitrogens is 4. The zero-order valence-corrected chi connectivity index (χ0v) is 12.2. The molecule has 0 unspecified atom stereocenters. The van der Waals surface area contributed by atoms with E-state index in [2.05, 4.69) is 20.1 Å². The van der Waals surface area contributed by atoms with Crippen LogP contribution in [0.15, 0.2) is 22.2 Å². The van der Waals surface area contributed by atoms with Gasteiger partial charge in [0.05, 0.1) is 10.0 Å². The highest BCUT2D eigenvalue weighted by molar-refractivity contribution is 7.09. The molecule has 0 aliphatic heterocycles. The first kappa shape index (κ1) is 13.4. The number of halogens is 2. The van der Waals surface area contributed by atoms with E-state index in [9.17, 15) is 0 Å². The molecule has 3 heterocycles. The van der Waals surface area contributed by atoms with Gasteiger partial charge in [-0.3, -0.25) is 0 Å². The maximum Gasteiger partial charge on any atom is 0.277 e. The maximum atomic E-state index is 6.05. The quantitative estimate of drug-likeness (QED) is 0.795. The summed E-state index contributed by atoms with van der Waals surface area (Å²) in [4.78, 5) is 12.6. The third-order valence-electron chi connectivity index (χ3n) is 2.39. The molecule has 0 saturated carbocycles. The number of thiazole rings is 1. The van der Waals surface area contributed by atoms with Crippen molar-refractivity contribution in [2.24, 2.45) is 5.73 Å². The van der Waals surface area contributed by atoms with Crippen LogP contribution in [-0.2, 0) is 6.54 Å². The number of pyridine rings is 1. The number of hydrogen-bond donors (Lipinski definition) is 1. The summed E-state index contributed by atoms with van der Waals surface area (Å²) in [6.07, 6.45) is 1.47. The van der Waals surface area contributed by atoms with Gasteiger partial charge in [-0.2, -0.15) is 4.98 Å². The number of nitrogens with zero attached hydrogens (tertiary/aromatic N) is 4. The van der Waals surface area contributed by atoms with E-state index in [0.717, 1.165) is 5.01 Å². The van der Waals surface area contributed by atoms with E-state index < -0.39 is 0 Å². The summed E-state index contributed by atoms with van der Waals surface area (Å²) in [5.41, 5.74) is 6.50. The lowest BCUT2D eigenvalue weighted by Crippen LogP contribution is -1.94. The molecule has 0 bridgehead atoms. The molecule has 0 spiro atoms. The van der Waals surface area contributed by atoms with Gasteiger partial charge in [0.25, 0.3) is 5.89 Å². The van der Waals surface area contributed by atoms with Gasteiger partial charge >= 0.3 is 0 Å². The molecule has 20 heavy (non-hydrogen) atoms. The number of hydrogen-bond acceptors (Lipinski definition) is 7. The molecule has 0 aliphatic rings. The molecule has 3 rings (SSSR count). The first-order valence-corrected chi connectivity index (χ1v) is 7.11. The van der Waals surface area contributed by atoms with Crippen LogP contribution >= 0.6 is 34.5 Å². The Labute approximate surface area is 127 Å². The predicted octanol–water partition coefficient (Wildman–Crippen LogP) is 3.02. The smallest absolute Gasteiger partial charge is 0.277 e. The summed E-state index contributed by atoms with van der Waals surface area (Å²) in [7, 11) is 0. The molecule has 3 aromatic rings. The Morgan fingerprint density at radius 1 is 1.30 bits per heavy atom. The molecule has 102 valence electrons. The van der Waals surface area contributed by atoms with E-state index in [1.807, 2.05) is 0 Å². The minimum atomic E-state index is 0.281. The van der Waals surface area contributed by atoms with Gasteiger partial charge in [-0.25, -0.2) is 9.97 Å². The van der Waals surface area contributed by atoms with Gasteiger partial charge < -0.3 is 10.3 Å². The topological polar surface area (TPSA) is 90.7 Å². The fourth-order valence-electron chi connectivity index (χ4n) is 1.51. The standard InChI is InChI=1S/C11H7Cl2N5OS/c12-5-1-6(13)9(15-3-5)10-17-11(19-18-10)7-4-20-8(2-14)16-7/h1,3-4H,2,14H2. The average molecular weight is 328 g/mol. The van der Waals surface area contributed by atoms with Crippen molar-refractivity contribution in [3.8, 4) is 23.1 Å². The van der Waals surface area contributed by atoms with Crippen LogP contribution in [0, 0.1) is 0 Å². The van der Waals surface area contributed by atoms with E-state index in [1.54, 1.807) is 11.4 Å². The van der Waals surface area contributed by atoms with Crippen LogP contribution in [0.1, 0.15) is 5.01 Å². The van der Waals surface area contributed by atoms with Crippen molar-refractivity contribution in [2.45, 2.75) is 6.54 Å². The molecule has 0 aliphatic carbocycles. The van der Waals surface area contributed by atoms with Gasteiger partial charge in [0, 0.05) is 18.1 Å². The van der Waals surface area contributed by atoms with Gasteiger partial charge in [-0.1, -0.05) is 28.4 Å². The summed E-state index contributed by atoms with van der Waals surface area (Å²) in [5.74, 6) is 0.577. The van der Waals surface area contributed by atoms with Crippen molar-refractivity contribution in [2.75, 3.05) is 0 Å². The van der Waals surface area contributed by atoms with Gasteiger partial charge in [0.1, 0.15) is 16.4 Å². The normalized spacial score (nSPS) is 10.9. The Kier molecular flexibility index (Phi) is 3.66. The largest absolute Gasteiger partial charge is 0.332 e. The molecule has 0 amide bonds. The van der Waals surface area contributed by atoms with Gasteiger partial charge in [0.2, 0.25) is 5.82 Å². The van der Waals surface area contributed by atoms with Crippen molar-refractivity contribution in [1.29, 1.82) is 0 Å². The highest BCUT2D eigenvalue weighted by Crippen LogP contribution is 2.28. The first-order valence-electron chi connectivity index (χ1n) is 5.47. The van der Waals surface area contributed by atoms with Crippen molar-refractivity contribution >= 4 is 34.5 Å². The minimum Gasteiger partial charge on any atom is -0.332 e. The van der Waals surface area contributed by atoms with Gasteiger partial charge in [0.15, 0.2) is 0 Å². The van der Waals surface area contributed by atoms with Crippen molar-refractivity contribution in [3.05, 3.63) is 32.7 Å². The molecule has 0 atom stereocenters. The second-order valence-electron chi connectivity index (χ2n) is 3.74. The third-order valence-corrected chi connectivity index (χ3v) is 3.76. The lowest BCUT2D eigenvalue weighted by Gasteiger charge is -1.97. The zero-order valence-electron chi connectivity index (χ0n) is 9.88. The second-order valence-corrected chi connectivity index (χ2v) is 5.52. The zero-order chi connectivity index (χ0) is 14.1. The van der Waals surface area contributed by atoms with E-state index in [0.29, 0.717) is 33.9 Å². The third kappa shape index (κ3) is 2.53. The average Bonchev–Trinajstić information content (AvgIpc) is 3.07. The molecule has 9 heteroatoms. The van der Waals surface area contributed by atoms with Crippen LogP contribution in [-0.4, -0.2) is 20.1 Å². The second kappa shape index (κ2) is 5.45. The summed E-state index contributed by atoms with van der Waals surface area (Å²) >= 11 is 13.3. The summed E-state index contributed by atoms with van der Waals surface area (Å²) in [6, 6.07) is 1.57. The van der Waals surface area contributed by atoms with E-state index in [1.165, 1.54) is 17.5 Å². The number of nitrogens with two attached hydrogens (primary N) is 1. The Bertz CT molecular complexity index is 757. The molecule has 0 saturated heterocycles. The van der Waals surface area contributed by atoms with Crippen LogP contribution in [0.25, 0.3) is 23.1 Å². The van der Waals surface area contributed by atoms with Gasteiger partial charge in [-0.05, 0) is 6.07 Å². The van der Waals surface area contributed by atoms with Crippen LogP contribution in [0.2, 0.25) is 10.0 Å². The number of rotatable bonds is 3. The van der Waals surface area contributed by atoms with Crippen LogP contribution in [0.3, 0.4) is 0 Å². The molecule has 3 aromatic heterocycles. The Balaban J connectivity index is 1.97. The Morgan fingerprint density at radius 3 is 2.85 bits per heavy atom. The summed E-state index contributed by atoms with van der Waals surface area (Å²) in [6.45, 7) is 0.371.